The average molecular weight is 466 g/mol. The van der Waals surface area contributed by atoms with Crippen LogP contribution in [0.4, 0.5) is 5.69 Å². The van der Waals surface area contributed by atoms with Crippen LogP contribution in [-0.2, 0) is 12.8 Å². The predicted molar refractivity (Wildman–Crippen MR) is 137 cm³/mol. The maximum atomic E-state index is 6.06. The molecule has 2 aromatic carbocycles. The van der Waals surface area contributed by atoms with E-state index in [0.717, 1.165) is 38.3 Å². The molecular formula is C26H38Cl2N2O. The lowest BCUT2D eigenvalue weighted by Gasteiger charge is -2.26. The Morgan fingerprint density at radius 2 is 1.58 bits per heavy atom. The van der Waals surface area contributed by atoms with Gasteiger partial charge in [-0.25, -0.2) is 0 Å². The number of hydrogen-bond acceptors (Lipinski definition) is 3. The maximum absolute atomic E-state index is 6.06. The monoisotopic (exact) mass is 464 g/mol. The van der Waals surface area contributed by atoms with Gasteiger partial charge in [-0.2, -0.15) is 0 Å². The SMILES string of the molecule is Cl.Cl.c1ccc(CCCCN2CCc3cc(OCCCN4CCCCC4)ccc32)cc1. The molecule has 0 unspecified atom stereocenters. The number of rotatable bonds is 10. The van der Waals surface area contributed by atoms with Gasteiger partial charge in [-0.05, 0) is 87.4 Å². The summed E-state index contributed by atoms with van der Waals surface area (Å²) in [5.74, 6) is 1.05. The van der Waals surface area contributed by atoms with Crippen LogP contribution in [0.3, 0.4) is 0 Å². The third-order valence-electron chi connectivity index (χ3n) is 6.37. The predicted octanol–water partition coefficient (Wildman–Crippen LogP) is 6.17. The molecule has 0 spiro atoms. The molecular weight excluding hydrogens is 427 g/mol. The van der Waals surface area contributed by atoms with E-state index in [1.54, 1.807) is 0 Å². The van der Waals surface area contributed by atoms with Crippen molar-refractivity contribution in [1.82, 2.24) is 4.90 Å². The maximum Gasteiger partial charge on any atom is 0.119 e. The van der Waals surface area contributed by atoms with Gasteiger partial charge in [0.15, 0.2) is 0 Å². The van der Waals surface area contributed by atoms with Gasteiger partial charge in [0.2, 0.25) is 0 Å². The van der Waals surface area contributed by atoms with Crippen LogP contribution in [0.2, 0.25) is 0 Å². The topological polar surface area (TPSA) is 15.7 Å². The first kappa shape index (κ1) is 25.8. The Labute approximate surface area is 201 Å². The lowest BCUT2D eigenvalue weighted by Crippen LogP contribution is -2.31. The summed E-state index contributed by atoms with van der Waals surface area (Å²) in [6, 6.07) is 17.6. The van der Waals surface area contributed by atoms with E-state index in [-0.39, 0.29) is 24.8 Å². The summed E-state index contributed by atoms with van der Waals surface area (Å²) in [6.45, 7) is 6.88. The van der Waals surface area contributed by atoms with Gasteiger partial charge in [0.1, 0.15) is 5.75 Å². The van der Waals surface area contributed by atoms with Crippen molar-refractivity contribution >= 4 is 30.5 Å². The van der Waals surface area contributed by atoms with E-state index in [1.807, 2.05) is 0 Å². The fraction of sp³-hybridized carbons (Fsp3) is 0.538. The third-order valence-corrected chi connectivity index (χ3v) is 6.37. The second-order valence-electron chi connectivity index (χ2n) is 8.57. The quantitative estimate of drug-likeness (QED) is 0.390. The van der Waals surface area contributed by atoms with Crippen LogP contribution in [0.25, 0.3) is 0 Å². The van der Waals surface area contributed by atoms with Crippen molar-refractivity contribution in [3.05, 3.63) is 59.7 Å². The zero-order valence-electron chi connectivity index (χ0n) is 18.6. The molecule has 2 aliphatic heterocycles. The van der Waals surface area contributed by atoms with Gasteiger partial charge in [-0.1, -0.05) is 36.8 Å². The molecule has 1 saturated heterocycles. The summed E-state index contributed by atoms with van der Waals surface area (Å²) < 4.78 is 6.06. The van der Waals surface area contributed by atoms with Gasteiger partial charge in [-0.3, -0.25) is 0 Å². The summed E-state index contributed by atoms with van der Waals surface area (Å²) in [6.07, 6.45) is 10.1. The van der Waals surface area contributed by atoms with Gasteiger partial charge in [0.25, 0.3) is 0 Å². The van der Waals surface area contributed by atoms with Crippen LogP contribution in [-0.4, -0.2) is 44.2 Å². The fourth-order valence-electron chi connectivity index (χ4n) is 4.71. The Morgan fingerprint density at radius 1 is 0.774 bits per heavy atom. The molecule has 31 heavy (non-hydrogen) atoms. The van der Waals surface area contributed by atoms with Crippen molar-refractivity contribution in [1.29, 1.82) is 0 Å². The molecule has 2 aromatic rings. The number of halogens is 2. The number of aryl methyl sites for hydroxylation is 1. The van der Waals surface area contributed by atoms with Gasteiger partial charge >= 0.3 is 0 Å². The van der Waals surface area contributed by atoms with Crippen LogP contribution >= 0.6 is 24.8 Å². The number of hydrogen-bond donors (Lipinski definition) is 0. The van der Waals surface area contributed by atoms with Crippen molar-refractivity contribution in [2.24, 2.45) is 0 Å². The van der Waals surface area contributed by atoms with Gasteiger partial charge in [0.05, 0.1) is 6.61 Å². The first-order chi connectivity index (χ1) is 14.4. The fourth-order valence-corrected chi connectivity index (χ4v) is 4.71. The van der Waals surface area contributed by atoms with E-state index in [9.17, 15) is 0 Å². The average Bonchev–Trinajstić information content (AvgIpc) is 3.18. The Kier molecular flexibility index (Phi) is 11.6. The van der Waals surface area contributed by atoms with E-state index in [4.69, 9.17) is 4.74 Å². The van der Waals surface area contributed by atoms with E-state index in [1.165, 1.54) is 75.0 Å². The molecule has 5 heteroatoms. The minimum absolute atomic E-state index is 0. The first-order valence-corrected chi connectivity index (χ1v) is 11.7. The Hall–Kier alpha value is -1.42. The van der Waals surface area contributed by atoms with Gasteiger partial charge < -0.3 is 14.5 Å². The molecule has 0 atom stereocenters. The highest BCUT2D eigenvalue weighted by molar-refractivity contribution is 5.85. The number of anilines is 1. The zero-order valence-corrected chi connectivity index (χ0v) is 20.3. The molecule has 3 nitrogen and oxygen atoms in total. The molecule has 0 N–H and O–H groups in total. The number of unbranched alkanes of at least 4 members (excludes halogenated alkanes) is 1. The summed E-state index contributed by atoms with van der Waals surface area (Å²) >= 11 is 0. The normalized spacial score (nSPS) is 15.7. The van der Waals surface area contributed by atoms with E-state index >= 15 is 0 Å². The van der Waals surface area contributed by atoms with Crippen LogP contribution in [0.5, 0.6) is 5.75 Å². The molecule has 1 fully saturated rings. The molecule has 0 radical (unpaired) electrons. The Morgan fingerprint density at radius 3 is 2.39 bits per heavy atom. The first-order valence-electron chi connectivity index (χ1n) is 11.7. The van der Waals surface area contributed by atoms with E-state index < -0.39 is 0 Å². The molecule has 0 amide bonds. The lowest BCUT2D eigenvalue weighted by molar-refractivity contribution is 0.205. The summed E-state index contributed by atoms with van der Waals surface area (Å²) in [4.78, 5) is 5.14. The number of fused-ring (bicyclic) bond motifs is 1. The Bertz CT molecular complexity index is 750. The second kappa shape index (κ2) is 13.9. The molecule has 0 bridgehead atoms. The lowest BCUT2D eigenvalue weighted by atomic mass is 10.1. The Balaban J connectivity index is 0.00000171. The zero-order chi connectivity index (χ0) is 19.7. The minimum atomic E-state index is 0. The number of benzene rings is 2. The molecule has 2 aliphatic rings. The molecule has 4 rings (SSSR count). The van der Waals surface area contributed by atoms with Crippen LogP contribution < -0.4 is 9.64 Å². The third kappa shape index (κ3) is 7.89. The van der Waals surface area contributed by atoms with Crippen molar-refractivity contribution in [2.45, 2.75) is 51.4 Å². The van der Waals surface area contributed by atoms with Crippen molar-refractivity contribution < 1.29 is 4.74 Å². The summed E-state index contributed by atoms with van der Waals surface area (Å²) in [7, 11) is 0. The number of piperidine rings is 1. The van der Waals surface area contributed by atoms with Crippen LogP contribution in [0.1, 0.15) is 49.7 Å². The molecule has 2 heterocycles. The molecule has 0 aliphatic carbocycles. The highest BCUT2D eigenvalue weighted by Gasteiger charge is 2.19. The van der Waals surface area contributed by atoms with Crippen molar-refractivity contribution in [3.8, 4) is 5.75 Å². The van der Waals surface area contributed by atoms with Crippen molar-refractivity contribution in [3.63, 3.8) is 0 Å². The van der Waals surface area contributed by atoms with Gasteiger partial charge in [0, 0.05) is 25.3 Å². The molecule has 0 saturated carbocycles. The molecule has 172 valence electrons. The number of nitrogens with zero attached hydrogens (tertiary/aromatic N) is 2. The smallest absolute Gasteiger partial charge is 0.119 e. The molecule has 0 aromatic heterocycles. The minimum Gasteiger partial charge on any atom is -0.494 e. The largest absolute Gasteiger partial charge is 0.494 e. The summed E-state index contributed by atoms with van der Waals surface area (Å²) in [5.41, 5.74) is 4.34. The second-order valence-corrected chi connectivity index (χ2v) is 8.57. The van der Waals surface area contributed by atoms with Gasteiger partial charge in [-0.15, -0.1) is 24.8 Å². The number of likely N-dealkylation sites (tertiary alicyclic amines) is 1. The highest BCUT2D eigenvalue weighted by atomic mass is 35.5. The van der Waals surface area contributed by atoms with Crippen LogP contribution in [0.15, 0.2) is 48.5 Å². The van der Waals surface area contributed by atoms with E-state index in [2.05, 4.69) is 58.3 Å². The van der Waals surface area contributed by atoms with Crippen molar-refractivity contribution in [2.75, 3.05) is 44.2 Å². The number of ether oxygens (including phenoxy) is 1. The summed E-state index contributed by atoms with van der Waals surface area (Å²) in [5, 5.41) is 0. The van der Waals surface area contributed by atoms with Crippen LogP contribution in [0, 0.1) is 0 Å². The van der Waals surface area contributed by atoms with E-state index in [0.29, 0.717) is 0 Å². The standard InChI is InChI=1S/C26H36N2O.2ClH/c1-3-10-23(11-4-1)12-5-8-19-28-20-15-24-22-25(13-14-26(24)28)29-21-9-18-27-16-6-2-7-17-27;;/h1,3-4,10-11,13-14,22H,2,5-9,12,15-21H2;2*1H. The highest BCUT2D eigenvalue weighted by Crippen LogP contribution is 2.31.